The first-order chi connectivity index (χ1) is 9.57. The Labute approximate surface area is 121 Å². The molecule has 0 atom stereocenters. The maximum absolute atomic E-state index is 12.2. The van der Waals surface area contributed by atoms with Crippen LogP contribution in [0.3, 0.4) is 0 Å². The van der Waals surface area contributed by atoms with Crippen molar-refractivity contribution in [3.8, 4) is 5.75 Å². The molecule has 1 fully saturated rings. The third-order valence-electron chi connectivity index (χ3n) is 4.24. The fraction of sp³-hybridized carbons (Fsp3) is 0.588. The van der Waals surface area contributed by atoms with Gasteiger partial charge in [0, 0.05) is 5.92 Å². The van der Waals surface area contributed by atoms with Crippen LogP contribution in [0.1, 0.15) is 51.5 Å². The zero-order valence-corrected chi connectivity index (χ0v) is 12.7. The molecule has 1 saturated carbocycles. The number of carbonyl (C=O) groups excluding carboxylic acids is 1. The Kier molecular flexibility index (Phi) is 4.69. The highest BCUT2D eigenvalue weighted by Gasteiger charge is 2.35. The van der Waals surface area contributed by atoms with Crippen LogP contribution >= 0.6 is 0 Å². The number of ether oxygens (including phenoxy) is 1. The standard InChI is InChI=1S/C17H25NO2/c1-13(2)16(19)18-17(11-5-4-6-12-17)14-7-9-15(20-3)10-8-14/h7-10,13H,4-6,11-12H2,1-3H3,(H,18,19). The number of carbonyl (C=O) groups is 1. The molecule has 110 valence electrons. The van der Waals surface area contributed by atoms with E-state index in [4.69, 9.17) is 4.74 Å². The van der Waals surface area contributed by atoms with E-state index in [0.29, 0.717) is 0 Å². The number of nitrogens with one attached hydrogen (secondary N) is 1. The number of hydrogen-bond acceptors (Lipinski definition) is 2. The highest BCUT2D eigenvalue weighted by atomic mass is 16.5. The second kappa shape index (κ2) is 6.29. The summed E-state index contributed by atoms with van der Waals surface area (Å²) in [5.41, 5.74) is 1.01. The highest BCUT2D eigenvalue weighted by Crippen LogP contribution is 2.38. The number of benzene rings is 1. The van der Waals surface area contributed by atoms with Crippen LogP contribution in [0.5, 0.6) is 5.75 Å². The second-order valence-electron chi connectivity index (χ2n) is 6.02. The molecule has 2 rings (SSSR count). The van der Waals surface area contributed by atoms with Crippen molar-refractivity contribution in [1.82, 2.24) is 5.32 Å². The van der Waals surface area contributed by atoms with Gasteiger partial charge in [-0.1, -0.05) is 45.2 Å². The van der Waals surface area contributed by atoms with E-state index >= 15 is 0 Å². The van der Waals surface area contributed by atoms with Crippen molar-refractivity contribution >= 4 is 5.91 Å². The summed E-state index contributed by atoms with van der Waals surface area (Å²) < 4.78 is 5.22. The van der Waals surface area contributed by atoms with Gasteiger partial charge in [-0.2, -0.15) is 0 Å². The van der Waals surface area contributed by atoms with Gasteiger partial charge in [0.15, 0.2) is 0 Å². The molecule has 0 saturated heterocycles. The minimum atomic E-state index is -0.189. The molecule has 3 heteroatoms. The summed E-state index contributed by atoms with van der Waals surface area (Å²) >= 11 is 0. The number of methoxy groups -OCH3 is 1. The zero-order valence-electron chi connectivity index (χ0n) is 12.7. The average molecular weight is 275 g/mol. The fourth-order valence-electron chi connectivity index (χ4n) is 2.93. The van der Waals surface area contributed by atoms with Crippen molar-refractivity contribution in [1.29, 1.82) is 0 Å². The molecular weight excluding hydrogens is 250 g/mol. The molecule has 1 aromatic rings. The predicted octanol–water partition coefficient (Wildman–Crippen LogP) is 3.63. The largest absolute Gasteiger partial charge is 0.497 e. The van der Waals surface area contributed by atoms with Gasteiger partial charge in [0.25, 0.3) is 0 Å². The lowest BCUT2D eigenvalue weighted by atomic mass is 9.76. The van der Waals surface area contributed by atoms with Crippen LogP contribution in [0.25, 0.3) is 0 Å². The average Bonchev–Trinajstić information content (AvgIpc) is 2.48. The van der Waals surface area contributed by atoms with Crippen molar-refractivity contribution in [2.45, 2.75) is 51.5 Å². The highest BCUT2D eigenvalue weighted by molar-refractivity contribution is 5.79. The molecule has 1 aliphatic rings. The van der Waals surface area contributed by atoms with Gasteiger partial charge in [0.1, 0.15) is 5.75 Å². The smallest absolute Gasteiger partial charge is 0.223 e. The van der Waals surface area contributed by atoms with Gasteiger partial charge in [0.05, 0.1) is 12.6 Å². The molecule has 3 nitrogen and oxygen atoms in total. The van der Waals surface area contributed by atoms with E-state index in [1.54, 1.807) is 7.11 Å². The molecule has 20 heavy (non-hydrogen) atoms. The third kappa shape index (κ3) is 3.14. The van der Waals surface area contributed by atoms with Crippen LogP contribution < -0.4 is 10.1 Å². The molecule has 0 aromatic heterocycles. The van der Waals surface area contributed by atoms with E-state index in [-0.39, 0.29) is 17.4 Å². The molecule has 0 unspecified atom stereocenters. The van der Waals surface area contributed by atoms with Crippen LogP contribution in [-0.4, -0.2) is 13.0 Å². The van der Waals surface area contributed by atoms with Crippen LogP contribution in [-0.2, 0) is 10.3 Å². The second-order valence-corrected chi connectivity index (χ2v) is 6.02. The lowest BCUT2D eigenvalue weighted by Crippen LogP contribution is -2.48. The minimum absolute atomic E-state index is 0.0204. The maximum atomic E-state index is 12.2. The summed E-state index contributed by atoms with van der Waals surface area (Å²) in [6, 6.07) is 8.13. The molecule has 1 aromatic carbocycles. The molecule has 0 radical (unpaired) electrons. The first-order valence-corrected chi connectivity index (χ1v) is 7.54. The Morgan fingerprint density at radius 2 is 1.75 bits per heavy atom. The van der Waals surface area contributed by atoms with E-state index in [0.717, 1.165) is 18.6 Å². The van der Waals surface area contributed by atoms with E-state index in [1.165, 1.54) is 24.8 Å². The molecule has 0 spiro atoms. The van der Waals surface area contributed by atoms with Gasteiger partial charge in [-0.25, -0.2) is 0 Å². The Bertz CT molecular complexity index is 445. The summed E-state index contributed by atoms with van der Waals surface area (Å²) in [5, 5.41) is 3.31. The predicted molar refractivity (Wildman–Crippen MR) is 80.7 cm³/mol. The van der Waals surface area contributed by atoms with Crippen molar-refractivity contribution in [2.24, 2.45) is 5.92 Å². The maximum Gasteiger partial charge on any atom is 0.223 e. The van der Waals surface area contributed by atoms with E-state index in [1.807, 2.05) is 26.0 Å². The number of rotatable bonds is 4. The molecular formula is C17H25NO2. The Hall–Kier alpha value is -1.51. The van der Waals surface area contributed by atoms with Gasteiger partial charge < -0.3 is 10.1 Å². The lowest BCUT2D eigenvalue weighted by Gasteiger charge is -2.39. The van der Waals surface area contributed by atoms with E-state index in [2.05, 4.69) is 17.4 Å². The number of hydrogen-bond donors (Lipinski definition) is 1. The number of amides is 1. The van der Waals surface area contributed by atoms with Gasteiger partial charge in [-0.15, -0.1) is 0 Å². The summed E-state index contributed by atoms with van der Waals surface area (Å²) in [4.78, 5) is 12.2. The zero-order chi connectivity index (χ0) is 14.6. The van der Waals surface area contributed by atoms with Gasteiger partial charge >= 0.3 is 0 Å². The summed E-state index contributed by atoms with van der Waals surface area (Å²) in [5.74, 6) is 1.02. The van der Waals surface area contributed by atoms with Crippen LogP contribution in [0.15, 0.2) is 24.3 Å². The molecule has 1 N–H and O–H groups in total. The Morgan fingerprint density at radius 1 is 1.15 bits per heavy atom. The van der Waals surface area contributed by atoms with Crippen LogP contribution in [0, 0.1) is 5.92 Å². The fourth-order valence-corrected chi connectivity index (χ4v) is 2.93. The molecule has 1 aliphatic carbocycles. The van der Waals surface area contributed by atoms with Gasteiger partial charge in [0.2, 0.25) is 5.91 Å². The molecule has 1 amide bonds. The molecule has 0 bridgehead atoms. The van der Waals surface area contributed by atoms with Crippen molar-refractivity contribution < 1.29 is 9.53 Å². The van der Waals surface area contributed by atoms with Crippen LogP contribution in [0.4, 0.5) is 0 Å². The van der Waals surface area contributed by atoms with E-state index < -0.39 is 0 Å². The van der Waals surface area contributed by atoms with E-state index in [9.17, 15) is 4.79 Å². The summed E-state index contributed by atoms with van der Waals surface area (Å²) in [6.45, 7) is 3.89. The summed E-state index contributed by atoms with van der Waals surface area (Å²) in [7, 11) is 1.67. The molecule has 0 heterocycles. The quantitative estimate of drug-likeness (QED) is 0.911. The first kappa shape index (κ1) is 14.9. The van der Waals surface area contributed by atoms with Gasteiger partial charge in [-0.3, -0.25) is 4.79 Å². The Balaban J connectivity index is 2.27. The normalized spacial score (nSPS) is 17.8. The van der Waals surface area contributed by atoms with Crippen molar-refractivity contribution in [3.63, 3.8) is 0 Å². The Morgan fingerprint density at radius 3 is 2.25 bits per heavy atom. The van der Waals surface area contributed by atoms with Gasteiger partial charge in [-0.05, 0) is 30.5 Å². The summed E-state index contributed by atoms with van der Waals surface area (Å²) in [6.07, 6.45) is 5.65. The van der Waals surface area contributed by atoms with Crippen molar-refractivity contribution in [2.75, 3.05) is 7.11 Å². The minimum Gasteiger partial charge on any atom is -0.497 e. The lowest BCUT2D eigenvalue weighted by molar-refractivity contribution is -0.126. The first-order valence-electron chi connectivity index (χ1n) is 7.54. The third-order valence-corrected chi connectivity index (χ3v) is 4.24. The SMILES string of the molecule is COc1ccc(C2(NC(=O)C(C)C)CCCCC2)cc1. The van der Waals surface area contributed by atoms with Crippen LogP contribution in [0.2, 0.25) is 0 Å². The monoisotopic (exact) mass is 275 g/mol. The molecule has 0 aliphatic heterocycles. The van der Waals surface area contributed by atoms with Crippen molar-refractivity contribution in [3.05, 3.63) is 29.8 Å². The topological polar surface area (TPSA) is 38.3 Å².